The van der Waals surface area contributed by atoms with Crippen LogP contribution in [-0.2, 0) is 4.74 Å². The fourth-order valence-electron chi connectivity index (χ4n) is 3.29. The van der Waals surface area contributed by atoms with Gasteiger partial charge >= 0.3 is 0 Å². The molecule has 0 N–H and O–H groups in total. The second kappa shape index (κ2) is 6.02. The Labute approximate surface area is 142 Å². The molecule has 3 rings (SSSR count). The minimum atomic E-state index is -0.353. The van der Waals surface area contributed by atoms with Gasteiger partial charge in [-0.05, 0) is 52.3 Å². The zero-order valence-electron chi connectivity index (χ0n) is 14.9. The minimum Gasteiger partial charge on any atom is -0.369 e. The molecule has 6 heteroatoms. The number of aromatic nitrogens is 3. The zero-order chi connectivity index (χ0) is 17.5. The number of nitrogens with zero attached hydrogens (tertiary/aromatic N) is 4. The van der Waals surface area contributed by atoms with Crippen LogP contribution in [0.2, 0.25) is 0 Å². The highest BCUT2D eigenvalue weighted by atomic mass is 16.5. The third-order valence-electron chi connectivity index (χ3n) is 4.20. The van der Waals surface area contributed by atoms with Crippen LogP contribution in [-0.4, -0.2) is 50.6 Å². The van der Waals surface area contributed by atoms with Crippen molar-refractivity contribution < 1.29 is 9.53 Å². The maximum Gasteiger partial charge on any atom is 0.276 e. The lowest BCUT2D eigenvalue weighted by molar-refractivity contribution is -0.119. The molecular weight excluding hydrogens is 304 g/mol. The number of carbonyl (C=O) groups is 1. The second-order valence-corrected chi connectivity index (χ2v) is 7.15. The maximum absolute atomic E-state index is 12.9. The molecule has 2 aromatic rings. The van der Waals surface area contributed by atoms with Crippen molar-refractivity contribution >= 4 is 5.91 Å². The molecule has 0 aliphatic carbocycles. The van der Waals surface area contributed by atoms with Crippen molar-refractivity contribution in [3.63, 3.8) is 0 Å². The van der Waals surface area contributed by atoms with Crippen molar-refractivity contribution in [2.75, 3.05) is 13.1 Å². The van der Waals surface area contributed by atoms with Crippen molar-refractivity contribution in [1.29, 1.82) is 0 Å². The van der Waals surface area contributed by atoms with Crippen LogP contribution in [0.3, 0.4) is 0 Å². The van der Waals surface area contributed by atoms with Crippen LogP contribution in [0.4, 0.5) is 0 Å². The number of aryl methyl sites for hydroxylation is 1. The van der Waals surface area contributed by atoms with Gasteiger partial charge in [-0.3, -0.25) is 4.79 Å². The first-order valence-corrected chi connectivity index (χ1v) is 8.23. The normalized spacial score (nSPS) is 20.2. The van der Waals surface area contributed by atoms with E-state index in [4.69, 9.17) is 4.74 Å². The van der Waals surface area contributed by atoms with Crippen LogP contribution in [0.1, 0.15) is 42.5 Å². The Hall–Kier alpha value is -2.21. The minimum absolute atomic E-state index is 0.00447. The van der Waals surface area contributed by atoms with Gasteiger partial charge in [0, 0.05) is 13.1 Å². The van der Waals surface area contributed by atoms with E-state index in [1.165, 1.54) is 0 Å². The SMILES string of the molecule is Cc1cccc(-n2nnc(C(=O)N3CC(C)OC(C)(C)C3)c2C)c1. The molecule has 2 heterocycles. The molecular formula is C18H24N4O2. The molecule has 1 aromatic carbocycles. The van der Waals surface area contributed by atoms with Crippen molar-refractivity contribution in [2.45, 2.75) is 46.3 Å². The van der Waals surface area contributed by atoms with Gasteiger partial charge in [0.2, 0.25) is 0 Å². The van der Waals surface area contributed by atoms with Crippen molar-refractivity contribution in [3.8, 4) is 5.69 Å². The molecule has 0 spiro atoms. The van der Waals surface area contributed by atoms with E-state index >= 15 is 0 Å². The Kier molecular flexibility index (Phi) is 4.17. The van der Waals surface area contributed by atoms with E-state index in [0.717, 1.165) is 16.9 Å². The molecule has 1 unspecified atom stereocenters. The molecule has 128 valence electrons. The molecule has 1 amide bonds. The fourth-order valence-corrected chi connectivity index (χ4v) is 3.29. The summed E-state index contributed by atoms with van der Waals surface area (Å²) < 4.78 is 7.59. The lowest BCUT2D eigenvalue weighted by Crippen LogP contribution is -2.54. The van der Waals surface area contributed by atoms with Gasteiger partial charge in [-0.25, -0.2) is 4.68 Å². The van der Waals surface area contributed by atoms with Gasteiger partial charge in [0.25, 0.3) is 5.91 Å². The summed E-state index contributed by atoms with van der Waals surface area (Å²) >= 11 is 0. The van der Waals surface area contributed by atoms with Crippen LogP contribution in [0.25, 0.3) is 5.69 Å². The average Bonchev–Trinajstić information content (AvgIpc) is 2.86. The quantitative estimate of drug-likeness (QED) is 0.850. The van der Waals surface area contributed by atoms with Gasteiger partial charge in [0.1, 0.15) is 0 Å². The number of amides is 1. The number of benzene rings is 1. The van der Waals surface area contributed by atoms with E-state index in [1.54, 1.807) is 4.68 Å². The monoisotopic (exact) mass is 328 g/mol. The molecule has 1 aliphatic rings. The first kappa shape index (κ1) is 16.6. The van der Waals surface area contributed by atoms with E-state index in [1.807, 2.05) is 63.8 Å². The maximum atomic E-state index is 12.9. The van der Waals surface area contributed by atoms with Crippen LogP contribution in [0.5, 0.6) is 0 Å². The summed E-state index contributed by atoms with van der Waals surface area (Å²) in [5, 5.41) is 8.34. The second-order valence-electron chi connectivity index (χ2n) is 7.15. The van der Waals surface area contributed by atoms with Crippen molar-refractivity contribution in [1.82, 2.24) is 19.9 Å². The molecule has 0 radical (unpaired) electrons. The van der Waals surface area contributed by atoms with E-state index in [0.29, 0.717) is 18.8 Å². The molecule has 0 bridgehead atoms. The largest absolute Gasteiger partial charge is 0.369 e. The Morgan fingerprint density at radius 1 is 1.33 bits per heavy atom. The van der Waals surface area contributed by atoms with Crippen LogP contribution < -0.4 is 0 Å². The topological polar surface area (TPSA) is 60.2 Å². The van der Waals surface area contributed by atoms with Gasteiger partial charge in [0.05, 0.1) is 23.1 Å². The Morgan fingerprint density at radius 2 is 2.08 bits per heavy atom. The lowest BCUT2D eigenvalue weighted by Gasteiger charge is -2.41. The van der Waals surface area contributed by atoms with Crippen molar-refractivity contribution in [2.24, 2.45) is 0 Å². The zero-order valence-corrected chi connectivity index (χ0v) is 14.9. The number of rotatable bonds is 2. The van der Waals surface area contributed by atoms with Gasteiger partial charge in [0.15, 0.2) is 5.69 Å². The molecule has 1 aromatic heterocycles. The van der Waals surface area contributed by atoms with Crippen LogP contribution >= 0.6 is 0 Å². The summed E-state index contributed by atoms with van der Waals surface area (Å²) in [5.41, 5.74) is 2.85. The highest BCUT2D eigenvalue weighted by Crippen LogP contribution is 2.23. The average molecular weight is 328 g/mol. The smallest absolute Gasteiger partial charge is 0.276 e. The van der Waals surface area contributed by atoms with E-state index in [-0.39, 0.29) is 17.6 Å². The van der Waals surface area contributed by atoms with Crippen LogP contribution in [0, 0.1) is 13.8 Å². The Bertz CT molecular complexity index is 766. The Balaban J connectivity index is 1.89. The van der Waals surface area contributed by atoms with Crippen molar-refractivity contribution in [3.05, 3.63) is 41.2 Å². The fraction of sp³-hybridized carbons (Fsp3) is 0.500. The predicted molar refractivity (Wildman–Crippen MR) is 91.4 cm³/mol. The molecule has 1 atom stereocenters. The number of carbonyl (C=O) groups excluding carboxylic acids is 1. The first-order valence-electron chi connectivity index (χ1n) is 8.23. The lowest BCUT2D eigenvalue weighted by atomic mass is 10.0. The van der Waals surface area contributed by atoms with Crippen LogP contribution in [0.15, 0.2) is 24.3 Å². The molecule has 6 nitrogen and oxygen atoms in total. The highest BCUT2D eigenvalue weighted by molar-refractivity contribution is 5.93. The van der Waals surface area contributed by atoms with Gasteiger partial charge in [-0.1, -0.05) is 17.3 Å². The number of hydrogen-bond donors (Lipinski definition) is 0. The molecule has 1 fully saturated rings. The highest BCUT2D eigenvalue weighted by Gasteiger charge is 2.35. The number of ether oxygens (including phenoxy) is 1. The summed E-state index contributed by atoms with van der Waals surface area (Å²) in [4.78, 5) is 14.7. The summed E-state index contributed by atoms with van der Waals surface area (Å²) in [6, 6.07) is 7.98. The standard InChI is InChI=1S/C18H24N4O2/c1-12-7-6-8-15(9-12)22-14(3)16(19-20-22)17(23)21-10-13(2)24-18(4,5)11-21/h6-9,13H,10-11H2,1-5H3. The molecule has 1 saturated heterocycles. The first-order chi connectivity index (χ1) is 11.3. The van der Waals surface area contributed by atoms with E-state index < -0.39 is 0 Å². The van der Waals surface area contributed by atoms with E-state index in [9.17, 15) is 4.79 Å². The number of morpholine rings is 1. The van der Waals surface area contributed by atoms with Gasteiger partial charge < -0.3 is 9.64 Å². The summed E-state index contributed by atoms with van der Waals surface area (Å²) in [7, 11) is 0. The molecule has 0 saturated carbocycles. The van der Waals surface area contributed by atoms with Gasteiger partial charge in [-0.15, -0.1) is 5.10 Å². The molecule has 1 aliphatic heterocycles. The third-order valence-corrected chi connectivity index (χ3v) is 4.20. The predicted octanol–water partition coefficient (Wildman–Crippen LogP) is 2.52. The molecule has 24 heavy (non-hydrogen) atoms. The Morgan fingerprint density at radius 3 is 2.75 bits per heavy atom. The summed E-state index contributed by atoms with van der Waals surface area (Å²) in [5.74, 6) is -0.0883. The number of hydrogen-bond acceptors (Lipinski definition) is 4. The summed E-state index contributed by atoms with van der Waals surface area (Å²) in [6.07, 6.45) is 0.00447. The summed E-state index contributed by atoms with van der Waals surface area (Å²) in [6.45, 7) is 11.0. The third kappa shape index (κ3) is 3.19. The van der Waals surface area contributed by atoms with E-state index in [2.05, 4.69) is 10.3 Å². The van der Waals surface area contributed by atoms with Gasteiger partial charge in [-0.2, -0.15) is 0 Å².